The van der Waals surface area contributed by atoms with E-state index < -0.39 is 0 Å². The molecule has 0 spiro atoms. The quantitative estimate of drug-likeness (QED) is 0.0734. The highest BCUT2D eigenvalue weighted by Gasteiger charge is 2.43. The highest BCUT2D eigenvalue weighted by atomic mass is 15.0. The van der Waals surface area contributed by atoms with Crippen molar-refractivity contribution < 1.29 is 0 Å². The average Bonchev–Trinajstić information content (AvgIpc) is 1.54. The summed E-state index contributed by atoms with van der Waals surface area (Å²) in [7, 11) is 0. The van der Waals surface area contributed by atoms with E-state index >= 15 is 0 Å². The largest absolute Gasteiger partial charge is 0.310 e. The minimum Gasteiger partial charge on any atom is -0.310 e. The fraction of sp³-hybridized carbons (Fsp3) is 0.149. The molecule has 464 valence electrons. The molecule has 0 radical (unpaired) electrons. The molecule has 0 amide bonds. The molecule has 0 saturated heterocycles. The summed E-state index contributed by atoms with van der Waals surface area (Å²) in [5.74, 6) is 0. The lowest BCUT2D eigenvalue weighted by Crippen LogP contribution is -2.59. The Labute approximate surface area is 568 Å². The van der Waals surface area contributed by atoms with E-state index in [2.05, 4.69) is 325 Å². The number of rotatable bonds is 10. The van der Waals surface area contributed by atoms with Gasteiger partial charge in [0.2, 0.25) is 0 Å². The fourth-order valence-electron chi connectivity index (χ4n) is 17.6. The van der Waals surface area contributed by atoms with Crippen molar-refractivity contribution >= 4 is 121 Å². The molecule has 0 fully saturated rings. The molecule has 0 unspecified atom stereocenters. The van der Waals surface area contributed by atoms with Crippen LogP contribution >= 0.6 is 0 Å². The average molecular weight is 1240 g/mol. The predicted octanol–water partition coefficient (Wildman–Crippen LogP) is 23.8. The minimum atomic E-state index is -0.152. The zero-order valence-electron chi connectivity index (χ0n) is 56.4. The van der Waals surface area contributed by atoms with Gasteiger partial charge in [0.05, 0.1) is 16.6 Å². The first-order valence-electron chi connectivity index (χ1n) is 35.3. The maximum Gasteiger partial charge on any atom is 0.252 e. The molecular weight excluding hydrogens is 1170 g/mol. The summed E-state index contributed by atoms with van der Waals surface area (Å²) in [5, 5.41) is 17.9. The summed E-state index contributed by atoms with van der Waals surface area (Å²) in [6.45, 7) is 16.2. The molecular formula is C94H75BN2. The van der Waals surface area contributed by atoms with Crippen LogP contribution in [0.1, 0.15) is 90.8 Å². The first kappa shape index (κ1) is 57.7. The van der Waals surface area contributed by atoms with Gasteiger partial charge in [-0.1, -0.05) is 304 Å². The van der Waals surface area contributed by atoms with Crippen molar-refractivity contribution in [3.05, 3.63) is 284 Å². The lowest BCUT2D eigenvalue weighted by molar-refractivity contribution is 0.590. The Bertz CT molecular complexity index is 6050. The Hall–Kier alpha value is -10.7. The maximum atomic E-state index is 2.75. The van der Waals surface area contributed by atoms with E-state index in [9.17, 15) is 0 Å². The smallest absolute Gasteiger partial charge is 0.252 e. The van der Waals surface area contributed by atoms with Gasteiger partial charge in [-0.25, -0.2) is 0 Å². The second kappa shape index (κ2) is 21.6. The number of aromatic nitrogens is 2. The van der Waals surface area contributed by atoms with Gasteiger partial charge >= 0.3 is 0 Å². The monoisotopic (exact) mass is 1240 g/mol. The lowest BCUT2D eigenvalue weighted by atomic mass is 9.34. The van der Waals surface area contributed by atoms with Gasteiger partial charge in [0.1, 0.15) is 0 Å². The summed E-state index contributed by atoms with van der Waals surface area (Å²) >= 11 is 0. The van der Waals surface area contributed by atoms with E-state index in [1.54, 1.807) is 0 Å². The van der Waals surface area contributed by atoms with Gasteiger partial charge < -0.3 is 9.13 Å². The van der Waals surface area contributed by atoms with Gasteiger partial charge in [0.15, 0.2) is 0 Å². The van der Waals surface area contributed by atoms with E-state index in [0.717, 1.165) is 12.8 Å². The van der Waals surface area contributed by atoms with E-state index in [4.69, 9.17) is 0 Å². The Balaban J connectivity index is 1.02. The van der Waals surface area contributed by atoms with Crippen LogP contribution < -0.4 is 16.4 Å². The lowest BCUT2D eigenvalue weighted by Gasteiger charge is -2.35. The highest BCUT2D eigenvalue weighted by Crippen LogP contribution is 2.51. The van der Waals surface area contributed by atoms with Crippen molar-refractivity contribution in [3.8, 4) is 67.0 Å². The molecule has 15 aromatic carbocycles. The molecule has 0 saturated carbocycles. The van der Waals surface area contributed by atoms with E-state index in [-0.39, 0.29) is 17.5 Å². The zero-order chi connectivity index (χ0) is 65.2. The molecule has 2 aromatic heterocycles. The second-order valence-corrected chi connectivity index (χ2v) is 30.0. The number of unbranched alkanes of at least 4 members (excludes halogenated alkanes) is 3. The van der Waals surface area contributed by atoms with Gasteiger partial charge in [-0.2, -0.15) is 0 Å². The number of fused-ring (bicyclic) bond motifs is 21. The topological polar surface area (TPSA) is 9.86 Å². The number of hydrogen-bond donors (Lipinski definition) is 0. The van der Waals surface area contributed by atoms with Crippen LogP contribution in [0.25, 0.3) is 164 Å². The van der Waals surface area contributed by atoms with E-state index in [1.165, 1.54) is 217 Å². The molecule has 0 aliphatic carbocycles. The van der Waals surface area contributed by atoms with Crippen molar-refractivity contribution in [1.29, 1.82) is 0 Å². The van der Waals surface area contributed by atoms with E-state index in [0.29, 0.717) is 0 Å². The van der Waals surface area contributed by atoms with Crippen molar-refractivity contribution in [3.63, 3.8) is 0 Å². The third-order valence-electron chi connectivity index (χ3n) is 22.2. The standard InChI is InChI=1S/C94H75BN2/c1-8-9-10-12-25-57-50-76(60-38-43-65(44-39-60)93(2,3)4)85(77(51-57)61-40-45-66(46-41-61)94(5,6)7)64-55-83-90-84(56-64)97-81-48-42-59-28-15-17-32-69(59)87(81)89-70-33-18-16-29-62(70)53-80(92(89)97)95(90)79-54-63(68-31-20-19-30-67(68)58-26-13-11-14-27-58)52-78-88-82(96(83)91(78)79)49-47-75-73-36-22-21-34-71(73)72-35-23-24-37-74(72)86(75)88/h11,13-24,26-56H,8-10,12,25H2,1-7H3. The Kier molecular flexibility index (Phi) is 12.9. The molecule has 0 atom stereocenters. The number of hydrogen-bond acceptors (Lipinski definition) is 0. The van der Waals surface area contributed by atoms with Crippen LogP contribution in [0.2, 0.25) is 0 Å². The molecule has 0 N–H and O–H groups in total. The van der Waals surface area contributed by atoms with Crippen LogP contribution in [0, 0.1) is 0 Å². The fourth-order valence-corrected chi connectivity index (χ4v) is 17.6. The summed E-state index contributed by atoms with van der Waals surface area (Å²) in [4.78, 5) is 0. The molecule has 3 heteroatoms. The summed E-state index contributed by atoms with van der Waals surface area (Å²) < 4.78 is 5.48. The van der Waals surface area contributed by atoms with Crippen molar-refractivity contribution in [1.82, 2.24) is 9.13 Å². The van der Waals surface area contributed by atoms with Crippen molar-refractivity contribution in [2.45, 2.75) is 91.4 Å². The summed E-state index contributed by atoms with van der Waals surface area (Å²) in [6, 6.07) is 104. The molecule has 4 heterocycles. The van der Waals surface area contributed by atoms with Crippen molar-refractivity contribution in [2.75, 3.05) is 0 Å². The highest BCUT2D eigenvalue weighted by molar-refractivity contribution is 7.00. The predicted molar refractivity (Wildman–Crippen MR) is 420 cm³/mol. The second-order valence-electron chi connectivity index (χ2n) is 30.0. The maximum absolute atomic E-state index is 2.75. The summed E-state index contributed by atoms with van der Waals surface area (Å²) in [6.07, 6.45) is 5.83. The first-order valence-corrected chi connectivity index (χ1v) is 35.3. The van der Waals surface area contributed by atoms with E-state index in [1.807, 2.05) is 0 Å². The first-order chi connectivity index (χ1) is 47.4. The van der Waals surface area contributed by atoms with Gasteiger partial charge in [0.25, 0.3) is 6.71 Å². The molecule has 17 aromatic rings. The van der Waals surface area contributed by atoms with Gasteiger partial charge in [0, 0.05) is 43.8 Å². The third kappa shape index (κ3) is 8.73. The SMILES string of the molecule is CCCCCCc1cc(-c2ccc(C(C)(C)C)cc2)c(-c2cc3c4c(c2)-n2c5ccc6ccccc6c5c5c6ccccc6cc(c52)B4c2cc(-c4ccccc4-c4ccccc4)cc4c5c6c7ccccc7c7ccccc7c6ccc5n-3c24)c(-c2ccc(C(C)(C)C)cc2)c1. The molecule has 97 heavy (non-hydrogen) atoms. The molecule has 0 bridgehead atoms. The van der Waals surface area contributed by atoms with Crippen LogP contribution in [0.4, 0.5) is 0 Å². The number of aryl methyl sites for hydroxylation is 1. The van der Waals surface area contributed by atoms with Gasteiger partial charge in [-0.05, 0) is 191 Å². The van der Waals surface area contributed by atoms with Crippen LogP contribution in [0.3, 0.4) is 0 Å². The normalized spacial score (nSPS) is 12.9. The molecule has 19 rings (SSSR count). The molecule has 2 aliphatic heterocycles. The zero-order valence-corrected chi connectivity index (χ0v) is 56.4. The molecule has 2 nitrogen and oxygen atoms in total. The van der Waals surface area contributed by atoms with Crippen molar-refractivity contribution in [2.24, 2.45) is 0 Å². The summed E-state index contributed by atoms with van der Waals surface area (Å²) in [5.41, 5.74) is 27.9. The van der Waals surface area contributed by atoms with Crippen LogP contribution in [0.5, 0.6) is 0 Å². The minimum absolute atomic E-state index is 0.00409. The number of benzene rings is 15. The van der Waals surface area contributed by atoms with Crippen LogP contribution in [-0.2, 0) is 17.3 Å². The Morgan fingerprint density at radius 3 is 1.42 bits per heavy atom. The Morgan fingerprint density at radius 1 is 0.320 bits per heavy atom. The van der Waals surface area contributed by atoms with Gasteiger partial charge in [-0.15, -0.1) is 0 Å². The Morgan fingerprint density at radius 2 is 0.804 bits per heavy atom. The third-order valence-corrected chi connectivity index (χ3v) is 22.2. The van der Waals surface area contributed by atoms with Crippen LogP contribution in [-0.4, -0.2) is 15.8 Å². The molecule has 2 aliphatic rings. The van der Waals surface area contributed by atoms with Crippen LogP contribution in [0.15, 0.2) is 267 Å². The number of nitrogens with zero attached hydrogens (tertiary/aromatic N) is 2. The van der Waals surface area contributed by atoms with Gasteiger partial charge in [-0.3, -0.25) is 0 Å².